The molecule has 4 bridgehead atoms. The smallest absolute Gasteiger partial charge is 0.338 e. The van der Waals surface area contributed by atoms with Crippen LogP contribution in [0.1, 0.15) is 55.8 Å². The van der Waals surface area contributed by atoms with Crippen LogP contribution < -0.4 is 5.32 Å². The number of carbonyl (C=O) groups is 3. The Kier molecular flexibility index (Phi) is 4.30. The van der Waals surface area contributed by atoms with Gasteiger partial charge in [0.05, 0.1) is 16.5 Å². The number of carbonyl (C=O) groups excluding carboxylic acids is 3. The van der Waals surface area contributed by atoms with E-state index in [1.807, 2.05) is 13.0 Å². The fourth-order valence-electron chi connectivity index (χ4n) is 6.16. The maximum atomic E-state index is 13.0. The molecule has 148 valence electrons. The first-order chi connectivity index (χ1) is 13.4. The number of hydrogen-bond donors (Lipinski definition) is 1. The molecule has 4 aliphatic carbocycles. The number of amides is 1. The van der Waals surface area contributed by atoms with Crippen molar-refractivity contribution in [2.75, 3.05) is 11.9 Å². The van der Waals surface area contributed by atoms with Gasteiger partial charge in [-0.25, -0.2) is 4.79 Å². The molecule has 1 aliphatic heterocycles. The summed E-state index contributed by atoms with van der Waals surface area (Å²) in [6.45, 7) is 1.71. The van der Waals surface area contributed by atoms with E-state index in [0.717, 1.165) is 24.2 Å². The second-order valence-corrected chi connectivity index (χ2v) is 10.5. The Morgan fingerprint density at radius 3 is 2.43 bits per heavy atom. The van der Waals surface area contributed by atoms with Crippen LogP contribution in [0, 0.1) is 23.2 Å². The van der Waals surface area contributed by atoms with Crippen molar-refractivity contribution in [2.24, 2.45) is 23.2 Å². The molecule has 28 heavy (non-hydrogen) atoms. The average molecular weight is 400 g/mol. The molecule has 4 saturated carbocycles. The Labute approximate surface area is 169 Å². The molecule has 6 rings (SSSR count). The number of fused-ring (bicyclic) bond motifs is 1. The molecule has 0 aromatic heterocycles. The maximum absolute atomic E-state index is 13.0. The molecule has 1 atom stereocenters. The third kappa shape index (κ3) is 3.06. The van der Waals surface area contributed by atoms with Crippen molar-refractivity contribution in [1.82, 2.24) is 0 Å². The van der Waals surface area contributed by atoms with Crippen molar-refractivity contribution in [2.45, 2.75) is 55.6 Å². The fourth-order valence-corrected chi connectivity index (χ4v) is 7.09. The van der Waals surface area contributed by atoms with Crippen molar-refractivity contribution in [3.63, 3.8) is 0 Å². The van der Waals surface area contributed by atoms with Crippen molar-refractivity contribution in [3.8, 4) is 0 Å². The first-order valence-corrected chi connectivity index (χ1v) is 11.1. The number of hydrogen-bond acceptors (Lipinski definition) is 5. The molecule has 5 aliphatic rings. The number of rotatable bonds is 4. The van der Waals surface area contributed by atoms with Crippen LogP contribution in [0.4, 0.5) is 5.69 Å². The summed E-state index contributed by atoms with van der Waals surface area (Å²) in [5.74, 6) is 1.61. The van der Waals surface area contributed by atoms with Crippen molar-refractivity contribution in [1.29, 1.82) is 0 Å². The summed E-state index contributed by atoms with van der Waals surface area (Å²) in [4.78, 5) is 38.3. The van der Waals surface area contributed by atoms with Crippen molar-refractivity contribution in [3.05, 3.63) is 23.8 Å². The molecular formula is C22H25NO4S. The number of nitrogens with one attached hydrogen (secondary N) is 1. The zero-order valence-corrected chi connectivity index (χ0v) is 16.8. The van der Waals surface area contributed by atoms with E-state index in [4.69, 9.17) is 4.74 Å². The SMILES string of the molecule is C[C@@H]1Sc2ccc(C(=O)OCC(=O)C34CC5CC(CC(C5)C3)C4)cc2NC1=O. The van der Waals surface area contributed by atoms with E-state index in [9.17, 15) is 14.4 Å². The Bertz CT molecular complexity index is 829. The minimum atomic E-state index is -0.501. The average Bonchev–Trinajstić information content (AvgIpc) is 2.65. The third-order valence-corrected chi connectivity index (χ3v) is 8.29. The van der Waals surface area contributed by atoms with Crippen LogP contribution in [0.25, 0.3) is 0 Å². The summed E-state index contributed by atoms with van der Waals surface area (Å²) < 4.78 is 5.41. The monoisotopic (exact) mass is 399 g/mol. The van der Waals surface area contributed by atoms with E-state index >= 15 is 0 Å². The van der Waals surface area contributed by atoms with Crippen LogP contribution >= 0.6 is 11.8 Å². The number of Topliss-reactive ketones (excluding diaryl/α,β-unsaturated/α-hetero) is 1. The first kappa shape index (κ1) is 18.2. The van der Waals surface area contributed by atoms with Gasteiger partial charge in [-0.2, -0.15) is 0 Å². The molecule has 5 nitrogen and oxygen atoms in total. The molecule has 0 unspecified atom stereocenters. The normalized spacial score (nSPS) is 35.2. The van der Waals surface area contributed by atoms with Crippen LogP contribution in [0.3, 0.4) is 0 Å². The quantitative estimate of drug-likeness (QED) is 0.773. The number of ether oxygens (including phenoxy) is 1. The summed E-state index contributed by atoms with van der Waals surface area (Å²) in [6, 6.07) is 5.17. The number of thioether (sulfide) groups is 1. The minimum absolute atomic E-state index is 0.0694. The molecule has 1 N–H and O–H groups in total. The molecular weight excluding hydrogens is 374 g/mol. The predicted molar refractivity (Wildman–Crippen MR) is 106 cm³/mol. The molecule has 4 fully saturated rings. The van der Waals surface area contributed by atoms with Crippen LogP contribution in [0.5, 0.6) is 0 Å². The molecule has 1 aromatic carbocycles. The molecule has 1 heterocycles. The summed E-state index contributed by atoms with van der Waals surface area (Å²) in [7, 11) is 0. The third-order valence-electron chi connectivity index (χ3n) is 7.11. The van der Waals surface area contributed by atoms with E-state index in [1.54, 1.807) is 12.1 Å². The van der Waals surface area contributed by atoms with Crippen molar-refractivity contribution < 1.29 is 19.1 Å². The lowest BCUT2D eigenvalue weighted by molar-refractivity contribution is -0.147. The Hall–Kier alpha value is -1.82. The summed E-state index contributed by atoms with van der Waals surface area (Å²) >= 11 is 1.47. The molecule has 1 amide bonds. The largest absolute Gasteiger partial charge is 0.454 e. The zero-order chi connectivity index (χ0) is 19.5. The van der Waals surface area contributed by atoms with Gasteiger partial charge in [0.1, 0.15) is 0 Å². The topological polar surface area (TPSA) is 72.5 Å². The van der Waals surface area contributed by atoms with E-state index in [0.29, 0.717) is 29.0 Å². The van der Waals surface area contributed by atoms with Gasteiger partial charge >= 0.3 is 5.97 Å². The van der Waals surface area contributed by atoms with E-state index in [-0.39, 0.29) is 29.0 Å². The molecule has 0 saturated heterocycles. The van der Waals surface area contributed by atoms with Gasteiger partial charge in [0.15, 0.2) is 12.4 Å². The lowest BCUT2D eigenvalue weighted by Crippen LogP contribution is -2.51. The number of esters is 1. The number of benzene rings is 1. The maximum Gasteiger partial charge on any atom is 0.338 e. The summed E-state index contributed by atoms with van der Waals surface area (Å²) in [5.41, 5.74) is 0.758. The highest BCUT2D eigenvalue weighted by Crippen LogP contribution is 2.60. The second-order valence-electron chi connectivity index (χ2n) is 9.16. The second kappa shape index (κ2) is 6.61. The van der Waals surface area contributed by atoms with Crippen molar-refractivity contribution >= 4 is 35.1 Å². The van der Waals surface area contributed by atoms with E-state index in [2.05, 4.69) is 5.32 Å². The predicted octanol–water partition coefficient (Wildman–Crippen LogP) is 4.06. The minimum Gasteiger partial charge on any atom is -0.454 e. The molecule has 0 radical (unpaired) electrons. The van der Waals surface area contributed by atoms with Gasteiger partial charge in [0, 0.05) is 10.3 Å². The molecule has 6 heteroatoms. The highest BCUT2D eigenvalue weighted by atomic mass is 32.2. The Morgan fingerprint density at radius 1 is 1.14 bits per heavy atom. The number of ketones is 1. The zero-order valence-electron chi connectivity index (χ0n) is 16.0. The highest BCUT2D eigenvalue weighted by molar-refractivity contribution is 8.00. The fraction of sp³-hybridized carbons (Fsp3) is 0.591. The highest BCUT2D eigenvalue weighted by Gasteiger charge is 2.54. The van der Waals surface area contributed by atoms with Gasteiger partial charge in [-0.1, -0.05) is 0 Å². The van der Waals surface area contributed by atoms with Gasteiger partial charge in [0.2, 0.25) is 5.91 Å². The molecule has 1 aromatic rings. The molecule has 0 spiro atoms. The van der Waals surface area contributed by atoms with E-state index < -0.39 is 5.97 Å². The standard InChI is InChI=1S/C22H25NO4S/c1-12-20(25)23-17-7-16(2-3-18(17)28-12)21(26)27-11-19(24)22-8-13-4-14(9-22)6-15(5-13)10-22/h2-3,7,12-15H,4-6,8-11H2,1H3,(H,23,25)/t12-,13?,14?,15?,22?/m0/s1. The number of anilines is 1. The van der Waals surface area contributed by atoms with Crippen LogP contribution in [0.15, 0.2) is 23.1 Å². The van der Waals surface area contributed by atoms with Crippen LogP contribution in [-0.2, 0) is 14.3 Å². The lowest BCUT2D eigenvalue weighted by Gasteiger charge is -2.55. The summed E-state index contributed by atoms with van der Waals surface area (Å²) in [6.07, 6.45) is 6.79. The van der Waals surface area contributed by atoms with Gasteiger partial charge in [-0.3, -0.25) is 9.59 Å². The van der Waals surface area contributed by atoms with Gasteiger partial charge in [-0.15, -0.1) is 11.8 Å². The summed E-state index contributed by atoms with van der Waals surface area (Å²) in [5, 5.41) is 2.67. The van der Waals surface area contributed by atoms with Gasteiger partial charge in [0.25, 0.3) is 0 Å². The lowest BCUT2D eigenvalue weighted by atomic mass is 9.48. The Balaban J connectivity index is 1.25. The van der Waals surface area contributed by atoms with Crippen LogP contribution in [-0.4, -0.2) is 29.5 Å². The van der Waals surface area contributed by atoms with Crippen LogP contribution in [0.2, 0.25) is 0 Å². The van der Waals surface area contributed by atoms with Gasteiger partial charge < -0.3 is 10.1 Å². The van der Waals surface area contributed by atoms with E-state index in [1.165, 1.54) is 31.0 Å². The Morgan fingerprint density at radius 2 is 1.79 bits per heavy atom. The van der Waals surface area contributed by atoms with Gasteiger partial charge in [-0.05, 0) is 81.4 Å². The first-order valence-electron chi connectivity index (χ1n) is 10.2.